The van der Waals surface area contributed by atoms with Gasteiger partial charge in [0.25, 0.3) is 0 Å². The highest BCUT2D eigenvalue weighted by atomic mass is 14.6. The van der Waals surface area contributed by atoms with E-state index < -0.39 is 0 Å². The Balaban J connectivity index is 4.59. The Kier molecular flexibility index (Phi) is 8.30. The van der Waals surface area contributed by atoms with Crippen LogP contribution in [-0.2, 0) is 0 Å². The van der Waals surface area contributed by atoms with Gasteiger partial charge in [0.2, 0.25) is 0 Å². The largest absolute Gasteiger partial charge is 0.330 e. The normalized spacial score (nSPS) is 17.9. The highest BCUT2D eigenvalue weighted by Crippen LogP contribution is 2.34. The molecule has 0 heterocycles. The first-order chi connectivity index (χ1) is 9.03. The molecule has 0 aliphatic rings. The van der Waals surface area contributed by atoms with Crippen molar-refractivity contribution in [3.05, 3.63) is 0 Å². The molecule has 3 heteroatoms. The summed E-state index contributed by atoms with van der Waals surface area (Å²) in [7, 11) is 0. The van der Waals surface area contributed by atoms with E-state index >= 15 is 0 Å². The van der Waals surface area contributed by atoms with Crippen molar-refractivity contribution in [2.75, 3.05) is 19.6 Å². The molecule has 0 spiro atoms. The van der Waals surface area contributed by atoms with Crippen molar-refractivity contribution in [3.8, 4) is 0 Å². The maximum absolute atomic E-state index is 6.00. The summed E-state index contributed by atoms with van der Waals surface area (Å²) in [5, 5.41) is 0. The van der Waals surface area contributed by atoms with Gasteiger partial charge < -0.3 is 17.2 Å². The topological polar surface area (TPSA) is 78.1 Å². The van der Waals surface area contributed by atoms with Crippen LogP contribution in [0.25, 0.3) is 0 Å². The maximum atomic E-state index is 6.00. The van der Waals surface area contributed by atoms with Crippen LogP contribution in [0.1, 0.15) is 60.8 Å². The van der Waals surface area contributed by atoms with Crippen molar-refractivity contribution in [1.82, 2.24) is 0 Å². The van der Waals surface area contributed by atoms with Crippen molar-refractivity contribution >= 4 is 0 Å². The molecule has 0 rings (SSSR count). The monoisotopic (exact) mass is 285 g/mol. The molecular weight excluding hydrogens is 246 g/mol. The molecule has 0 aliphatic heterocycles. The van der Waals surface area contributed by atoms with Crippen LogP contribution >= 0.6 is 0 Å². The first kappa shape index (κ1) is 19.9. The van der Waals surface area contributed by atoms with Gasteiger partial charge in [0, 0.05) is 0 Å². The van der Waals surface area contributed by atoms with Crippen molar-refractivity contribution in [3.63, 3.8) is 0 Å². The molecule has 0 fully saturated rings. The van der Waals surface area contributed by atoms with Gasteiger partial charge >= 0.3 is 0 Å². The zero-order valence-electron chi connectivity index (χ0n) is 14.7. The lowest BCUT2D eigenvalue weighted by Gasteiger charge is -2.34. The van der Waals surface area contributed by atoms with Crippen LogP contribution in [0.3, 0.4) is 0 Å². The summed E-state index contributed by atoms with van der Waals surface area (Å²) in [6.45, 7) is 15.9. The molecule has 0 radical (unpaired) electrons. The summed E-state index contributed by atoms with van der Waals surface area (Å²) in [6, 6.07) is 0. The summed E-state index contributed by atoms with van der Waals surface area (Å²) in [5.74, 6) is 1.64. The van der Waals surface area contributed by atoms with E-state index in [1.54, 1.807) is 0 Å². The summed E-state index contributed by atoms with van der Waals surface area (Å²) in [5.41, 5.74) is 18.5. The standard InChI is InChI=1S/C17H39N3/c1-16(2,3)9-14(11-19)7-13(10-18)8-15(12-20)17(4,5)6/h13-15H,7-12,18-20H2,1-6H3. The molecule has 3 atom stereocenters. The molecule has 0 saturated heterocycles. The fourth-order valence-electron chi connectivity index (χ4n) is 3.09. The molecular formula is C17H39N3. The van der Waals surface area contributed by atoms with E-state index in [2.05, 4.69) is 41.5 Å². The van der Waals surface area contributed by atoms with Crippen LogP contribution in [0.4, 0.5) is 0 Å². The third kappa shape index (κ3) is 8.23. The molecule has 0 saturated carbocycles. The quantitative estimate of drug-likeness (QED) is 0.641. The zero-order chi connectivity index (χ0) is 16.0. The minimum atomic E-state index is 0.254. The van der Waals surface area contributed by atoms with Crippen molar-refractivity contribution in [2.24, 2.45) is 45.8 Å². The molecule has 0 aliphatic carbocycles. The summed E-state index contributed by atoms with van der Waals surface area (Å²) in [6.07, 6.45) is 3.43. The molecule has 0 aromatic rings. The number of nitrogens with two attached hydrogens (primary N) is 3. The van der Waals surface area contributed by atoms with E-state index in [1.807, 2.05) is 0 Å². The maximum Gasteiger partial charge on any atom is -0.00438 e. The van der Waals surface area contributed by atoms with Crippen LogP contribution in [-0.4, -0.2) is 19.6 Å². The Morgan fingerprint density at radius 1 is 0.700 bits per heavy atom. The molecule has 0 aromatic carbocycles. The van der Waals surface area contributed by atoms with E-state index in [0.29, 0.717) is 23.2 Å². The fraction of sp³-hybridized carbons (Fsp3) is 1.00. The van der Waals surface area contributed by atoms with Crippen LogP contribution < -0.4 is 17.2 Å². The lowest BCUT2D eigenvalue weighted by atomic mass is 9.73. The molecule has 0 bridgehead atoms. The van der Waals surface area contributed by atoms with Gasteiger partial charge in [-0.3, -0.25) is 0 Å². The molecule has 122 valence electrons. The van der Waals surface area contributed by atoms with Gasteiger partial charge in [-0.2, -0.15) is 0 Å². The average Bonchev–Trinajstić information content (AvgIpc) is 2.29. The van der Waals surface area contributed by atoms with E-state index in [0.717, 1.165) is 32.5 Å². The predicted molar refractivity (Wildman–Crippen MR) is 90.4 cm³/mol. The Morgan fingerprint density at radius 3 is 1.50 bits per heavy atom. The predicted octanol–water partition coefficient (Wildman–Crippen LogP) is 2.97. The summed E-state index contributed by atoms with van der Waals surface area (Å²) >= 11 is 0. The molecule has 6 N–H and O–H groups in total. The van der Waals surface area contributed by atoms with Crippen molar-refractivity contribution in [2.45, 2.75) is 60.8 Å². The molecule has 3 unspecified atom stereocenters. The molecule has 3 nitrogen and oxygen atoms in total. The number of hydrogen-bond donors (Lipinski definition) is 3. The molecule has 20 heavy (non-hydrogen) atoms. The van der Waals surface area contributed by atoms with Crippen LogP contribution in [0.2, 0.25) is 0 Å². The van der Waals surface area contributed by atoms with Gasteiger partial charge in [0.15, 0.2) is 0 Å². The molecule has 0 aromatic heterocycles. The highest BCUT2D eigenvalue weighted by molar-refractivity contribution is 4.80. The smallest absolute Gasteiger partial charge is 0.00438 e. The first-order valence-corrected chi connectivity index (χ1v) is 8.13. The van der Waals surface area contributed by atoms with Crippen LogP contribution in [0, 0.1) is 28.6 Å². The Morgan fingerprint density at radius 2 is 1.20 bits per heavy atom. The van der Waals surface area contributed by atoms with E-state index in [4.69, 9.17) is 17.2 Å². The number of hydrogen-bond acceptors (Lipinski definition) is 3. The average molecular weight is 286 g/mol. The minimum absolute atomic E-state index is 0.254. The second-order valence-electron chi connectivity index (χ2n) is 8.74. The fourth-order valence-corrected chi connectivity index (χ4v) is 3.09. The summed E-state index contributed by atoms with van der Waals surface area (Å²) < 4.78 is 0. The second-order valence-corrected chi connectivity index (χ2v) is 8.74. The minimum Gasteiger partial charge on any atom is -0.330 e. The second kappa shape index (κ2) is 8.35. The number of rotatable bonds is 8. The van der Waals surface area contributed by atoms with Gasteiger partial charge in [-0.05, 0) is 67.5 Å². The van der Waals surface area contributed by atoms with Crippen LogP contribution in [0.15, 0.2) is 0 Å². The van der Waals surface area contributed by atoms with Crippen molar-refractivity contribution in [1.29, 1.82) is 0 Å². The summed E-state index contributed by atoms with van der Waals surface area (Å²) in [4.78, 5) is 0. The Labute approximate surface area is 127 Å². The van der Waals surface area contributed by atoms with Gasteiger partial charge in [0.1, 0.15) is 0 Å². The van der Waals surface area contributed by atoms with Gasteiger partial charge in [-0.1, -0.05) is 41.5 Å². The van der Waals surface area contributed by atoms with Gasteiger partial charge in [0.05, 0.1) is 0 Å². The first-order valence-electron chi connectivity index (χ1n) is 8.13. The van der Waals surface area contributed by atoms with E-state index in [9.17, 15) is 0 Å². The molecule has 0 amide bonds. The SMILES string of the molecule is CC(C)(C)CC(CN)CC(CN)CC(CN)C(C)(C)C. The Hall–Kier alpha value is -0.120. The van der Waals surface area contributed by atoms with Gasteiger partial charge in [-0.15, -0.1) is 0 Å². The van der Waals surface area contributed by atoms with E-state index in [1.165, 1.54) is 6.42 Å². The third-order valence-electron chi connectivity index (χ3n) is 4.36. The van der Waals surface area contributed by atoms with E-state index in [-0.39, 0.29) is 5.41 Å². The zero-order valence-corrected chi connectivity index (χ0v) is 14.7. The highest BCUT2D eigenvalue weighted by Gasteiger charge is 2.28. The van der Waals surface area contributed by atoms with Crippen molar-refractivity contribution < 1.29 is 0 Å². The Bertz CT molecular complexity index is 250. The van der Waals surface area contributed by atoms with Crippen LogP contribution in [0.5, 0.6) is 0 Å². The lowest BCUT2D eigenvalue weighted by Crippen LogP contribution is -2.33. The third-order valence-corrected chi connectivity index (χ3v) is 4.36. The lowest BCUT2D eigenvalue weighted by molar-refractivity contribution is 0.179. The van der Waals surface area contributed by atoms with Gasteiger partial charge in [-0.25, -0.2) is 0 Å².